The van der Waals surface area contributed by atoms with Crippen molar-refractivity contribution in [2.24, 2.45) is 5.92 Å². The Bertz CT molecular complexity index is 982. The molecule has 3 atom stereocenters. The number of hydrogen-bond acceptors (Lipinski definition) is 6. The fraction of sp³-hybridized carbons (Fsp3) is 0.480. The van der Waals surface area contributed by atoms with E-state index in [-0.39, 0.29) is 11.8 Å². The molecule has 2 N–H and O–H groups in total. The highest BCUT2D eigenvalue weighted by molar-refractivity contribution is 6.30. The maximum Gasteiger partial charge on any atom is 0.225 e. The summed E-state index contributed by atoms with van der Waals surface area (Å²) in [6.45, 7) is 5.10. The largest absolute Gasteiger partial charge is 0.486 e. The molecule has 3 aliphatic heterocycles. The molecule has 0 aliphatic carbocycles. The monoisotopic (exact) mass is 471 g/mol. The molecule has 3 heterocycles. The van der Waals surface area contributed by atoms with Gasteiger partial charge in [0.05, 0.1) is 12.0 Å². The molecular formula is C25H30ClN3O4. The Hall–Kier alpha value is -2.48. The first kappa shape index (κ1) is 22.3. The summed E-state index contributed by atoms with van der Waals surface area (Å²) in [6, 6.07) is 12.8. The summed E-state index contributed by atoms with van der Waals surface area (Å²) in [6.07, 6.45) is 1.10. The molecule has 0 spiro atoms. The van der Waals surface area contributed by atoms with E-state index in [2.05, 4.69) is 15.1 Å². The fourth-order valence-electron chi connectivity index (χ4n) is 4.70. The van der Waals surface area contributed by atoms with E-state index in [0.717, 1.165) is 43.7 Å². The molecule has 2 aromatic carbocycles. The number of aliphatic hydroxyl groups excluding tert-OH is 1. The first-order valence-corrected chi connectivity index (χ1v) is 12.1. The number of fused-ring (bicyclic) bond motifs is 1. The summed E-state index contributed by atoms with van der Waals surface area (Å²) in [5.74, 6) is 1.20. The van der Waals surface area contributed by atoms with Crippen molar-refractivity contribution in [1.82, 2.24) is 10.2 Å². The van der Waals surface area contributed by atoms with Gasteiger partial charge < -0.3 is 29.7 Å². The number of carbonyl (C=O) groups is 1. The fourth-order valence-corrected chi connectivity index (χ4v) is 4.83. The molecule has 33 heavy (non-hydrogen) atoms. The molecule has 176 valence electrons. The lowest BCUT2D eigenvalue weighted by Crippen LogP contribution is -2.52. The van der Waals surface area contributed by atoms with Crippen molar-refractivity contribution in [2.75, 3.05) is 50.8 Å². The van der Waals surface area contributed by atoms with Gasteiger partial charge in [0, 0.05) is 30.3 Å². The van der Waals surface area contributed by atoms with E-state index in [1.807, 2.05) is 42.5 Å². The van der Waals surface area contributed by atoms with Crippen LogP contribution in [0.25, 0.3) is 0 Å². The number of halogens is 1. The van der Waals surface area contributed by atoms with Crippen molar-refractivity contribution in [3.8, 4) is 11.5 Å². The molecule has 2 fully saturated rings. The van der Waals surface area contributed by atoms with Crippen LogP contribution in [-0.2, 0) is 4.79 Å². The minimum Gasteiger partial charge on any atom is -0.486 e. The normalized spacial score (nSPS) is 21.9. The lowest BCUT2D eigenvalue weighted by molar-refractivity contribution is -0.126. The van der Waals surface area contributed by atoms with Gasteiger partial charge in [0.1, 0.15) is 19.3 Å². The zero-order valence-corrected chi connectivity index (χ0v) is 19.3. The Morgan fingerprint density at radius 3 is 2.58 bits per heavy atom. The van der Waals surface area contributed by atoms with Crippen LogP contribution in [0.2, 0.25) is 5.02 Å². The van der Waals surface area contributed by atoms with Gasteiger partial charge in [-0.2, -0.15) is 0 Å². The van der Waals surface area contributed by atoms with Crippen molar-refractivity contribution in [1.29, 1.82) is 0 Å². The van der Waals surface area contributed by atoms with Gasteiger partial charge in [0.25, 0.3) is 0 Å². The van der Waals surface area contributed by atoms with E-state index in [1.54, 1.807) is 0 Å². The SMILES string of the molecule is O=C(N[C@H](CN1CCC1)[C@H](O)c1ccc2c(c1)OCCO2)[C@@H]1CCN(c2ccc(Cl)cc2)C1. The number of nitrogens with one attached hydrogen (secondary N) is 1. The molecule has 2 saturated heterocycles. The van der Waals surface area contributed by atoms with E-state index in [1.165, 1.54) is 0 Å². The predicted octanol–water partition coefficient (Wildman–Crippen LogP) is 2.86. The molecule has 0 bridgehead atoms. The summed E-state index contributed by atoms with van der Waals surface area (Å²) >= 11 is 6.01. The highest BCUT2D eigenvalue weighted by Crippen LogP contribution is 2.34. The van der Waals surface area contributed by atoms with Crippen LogP contribution < -0.4 is 19.7 Å². The Morgan fingerprint density at radius 1 is 1.09 bits per heavy atom. The summed E-state index contributed by atoms with van der Waals surface area (Å²) in [5.41, 5.74) is 1.79. The second kappa shape index (κ2) is 9.79. The third kappa shape index (κ3) is 5.05. The first-order chi connectivity index (χ1) is 16.1. The lowest BCUT2D eigenvalue weighted by Gasteiger charge is -2.36. The van der Waals surface area contributed by atoms with Gasteiger partial charge in [-0.15, -0.1) is 0 Å². The van der Waals surface area contributed by atoms with Crippen molar-refractivity contribution in [3.63, 3.8) is 0 Å². The van der Waals surface area contributed by atoms with Crippen LogP contribution in [0.3, 0.4) is 0 Å². The number of likely N-dealkylation sites (tertiary alicyclic amines) is 1. The van der Waals surface area contributed by atoms with Crippen LogP contribution in [0.4, 0.5) is 5.69 Å². The smallest absolute Gasteiger partial charge is 0.225 e. The lowest BCUT2D eigenvalue weighted by atomic mass is 9.98. The van der Waals surface area contributed by atoms with Crippen LogP contribution in [-0.4, -0.2) is 67.9 Å². The second-order valence-corrected chi connectivity index (χ2v) is 9.46. The second-order valence-electron chi connectivity index (χ2n) is 9.03. The molecule has 2 aromatic rings. The summed E-state index contributed by atoms with van der Waals surface area (Å²) in [4.78, 5) is 17.7. The number of anilines is 1. The highest BCUT2D eigenvalue weighted by Gasteiger charge is 2.33. The van der Waals surface area contributed by atoms with Gasteiger partial charge in [0.15, 0.2) is 11.5 Å². The van der Waals surface area contributed by atoms with Crippen LogP contribution in [0, 0.1) is 5.92 Å². The third-order valence-corrected chi connectivity index (χ3v) is 7.02. The minimum absolute atomic E-state index is 0.00594. The number of nitrogens with zero attached hydrogens (tertiary/aromatic N) is 2. The maximum absolute atomic E-state index is 13.2. The van der Waals surface area contributed by atoms with Gasteiger partial charge in [0.2, 0.25) is 5.91 Å². The minimum atomic E-state index is -0.834. The summed E-state index contributed by atoms with van der Waals surface area (Å²) in [7, 11) is 0. The quantitative estimate of drug-likeness (QED) is 0.647. The Labute approximate surface area is 199 Å². The van der Waals surface area contributed by atoms with Gasteiger partial charge >= 0.3 is 0 Å². The number of benzene rings is 2. The number of carbonyl (C=O) groups excluding carboxylic acids is 1. The van der Waals surface area contributed by atoms with Crippen molar-refractivity contribution in [3.05, 3.63) is 53.1 Å². The molecule has 0 radical (unpaired) electrons. The van der Waals surface area contributed by atoms with Crippen LogP contribution in [0.15, 0.2) is 42.5 Å². The molecule has 8 heteroatoms. The number of hydrogen-bond donors (Lipinski definition) is 2. The van der Waals surface area contributed by atoms with Crippen LogP contribution >= 0.6 is 11.6 Å². The standard InChI is InChI=1S/C25H30ClN3O4/c26-19-3-5-20(6-4-19)29-11-8-18(15-29)25(31)27-21(16-28-9-1-10-28)24(30)17-2-7-22-23(14-17)33-13-12-32-22/h2-7,14,18,21,24,30H,1,8-13,15-16H2,(H,27,31)/t18-,21-,24-/m1/s1. The van der Waals surface area contributed by atoms with Crippen LogP contribution in [0.1, 0.15) is 24.5 Å². The number of aliphatic hydroxyl groups is 1. The number of amides is 1. The molecule has 7 nitrogen and oxygen atoms in total. The van der Waals surface area contributed by atoms with Gasteiger partial charge in [-0.05, 0) is 67.9 Å². The van der Waals surface area contributed by atoms with Crippen LogP contribution in [0.5, 0.6) is 11.5 Å². The molecule has 0 aromatic heterocycles. The zero-order chi connectivity index (χ0) is 22.8. The van der Waals surface area contributed by atoms with E-state index < -0.39 is 12.1 Å². The number of ether oxygens (including phenoxy) is 2. The Balaban J connectivity index is 1.26. The number of rotatable bonds is 7. The molecule has 5 rings (SSSR count). The van der Waals surface area contributed by atoms with Gasteiger partial charge in [-0.1, -0.05) is 17.7 Å². The average Bonchev–Trinajstić information content (AvgIpc) is 3.30. The third-order valence-electron chi connectivity index (χ3n) is 6.77. The average molecular weight is 472 g/mol. The van der Waals surface area contributed by atoms with E-state index in [0.29, 0.717) is 42.8 Å². The van der Waals surface area contributed by atoms with E-state index in [9.17, 15) is 9.90 Å². The van der Waals surface area contributed by atoms with Gasteiger partial charge in [-0.25, -0.2) is 0 Å². The Morgan fingerprint density at radius 2 is 1.85 bits per heavy atom. The first-order valence-electron chi connectivity index (χ1n) is 11.7. The molecule has 3 aliphatic rings. The maximum atomic E-state index is 13.2. The van der Waals surface area contributed by atoms with Crippen molar-refractivity contribution >= 4 is 23.2 Å². The van der Waals surface area contributed by atoms with E-state index in [4.69, 9.17) is 21.1 Å². The summed E-state index contributed by atoms with van der Waals surface area (Å²) < 4.78 is 11.3. The molecule has 0 saturated carbocycles. The summed E-state index contributed by atoms with van der Waals surface area (Å²) in [5, 5.41) is 15.1. The molecular weight excluding hydrogens is 442 g/mol. The molecule has 0 unspecified atom stereocenters. The zero-order valence-electron chi connectivity index (χ0n) is 18.6. The van der Waals surface area contributed by atoms with Gasteiger partial charge in [-0.3, -0.25) is 4.79 Å². The Kier molecular flexibility index (Phi) is 6.62. The van der Waals surface area contributed by atoms with E-state index >= 15 is 0 Å². The van der Waals surface area contributed by atoms with Crippen molar-refractivity contribution in [2.45, 2.75) is 25.0 Å². The van der Waals surface area contributed by atoms with Crippen molar-refractivity contribution < 1.29 is 19.4 Å². The molecule has 1 amide bonds. The highest BCUT2D eigenvalue weighted by atomic mass is 35.5. The topological polar surface area (TPSA) is 74.3 Å². The predicted molar refractivity (Wildman–Crippen MR) is 127 cm³/mol.